The molecule has 0 radical (unpaired) electrons. The van der Waals surface area contributed by atoms with E-state index < -0.39 is 11.5 Å². The van der Waals surface area contributed by atoms with Crippen molar-refractivity contribution in [3.05, 3.63) is 0 Å². The molecule has 2 N–H and O–H groups in total. The van der Waals surface area contributed by atoms with Crippen molar-refractivity contribution < 1.29 is 14.6 Å². The van der Waals surface area contributed by atoms with Gasteiger partial charge in [-0.15, -0.1) is 0 Å². The van der Waals surface area contributed by atoms with Gasteiger partial charge in [-0.25, -0.2) is 0 Å². The molecule has 1 aliphatic carbocycles. The molecule has 5 heteroatoms. The van der Waals surface area contributed by atoms with E-state index in [1.807, 2.05) is 6.92 Å². The number of ether oxygens (including phenoxy) is 1. The number of carbonyl (C=O) groups is 1. The normalized spacial score (nSPS) is 21.0. The maximum atomic E-state index is 11.7. The standard InChI is InChI=1S/C16H32N2O3/c1-6-12(2)18(9-10-21-5)13(3)11-16(4,15(19)20)17-14-7-8-14/h12-14,17H,6-11H2,1-5H3,(H,19,20). The van der Waals surface area contributed by atoms with Crippen molar-refractivity contribution in [3.8, 4) is 0 Å². The summed E-state index contributed by atoms with van der Waals surface area (Å²) in [7, 11) is 1.70. The van der Waals surface area contributed by atoms with Crippen LogP contribution in [0.3, 0.4) is 0 Å². The summed E-state index contributed by atoms with van der Waals surface area (Å²) in [5.41, 5.74) is -0.848. The Hall–Kier alpha value is -0.650. The molecular weight excluding hydrogens is 268 g/mol. The lowest BCUT2D eigenvalue weighted by atomic mass is 9.92. The zero-order chi connectivity index (χ0) is 16.0. The van der Waals surface area contributed by atoms with Crippen LogP contribution in [0.2, 0.25) is 0 Å². The van der Waals surface area contributed by atoms with E-state index in [0.717, 1.165) is 25.8 Å². The van der Waals surface area contributed by atoms with Crippen molar-refractivity contribution in [2.45, 2.75) is 77.0 Å². The van der Waals surface area contributed by atoms with E-state index in [1.54, 1.807) is 7.11 Å². The highest BCUT2D eigenvalue weighted by molar-refractivity contribution is 5.78. The van der Waals surface area contributed by atoms with Gasteiger partial charge in [0.05, 0.1) is 6.61 Å². The van der Waals surface area contributed by atoms with Gasteiger partial charge in [-0.1, -0.05) is 6.92 Å². The van der Waals surface area contributed by atoms with Crippen LogP contribution >= 0.6 is 0 Å². The molecule has 1 saturated carbocycles. The number of nitrogens with zero attached hydrogens (tertiary/aromatic N) is 1. The number of rotatable bonds is 11. The van der Waals surface area contributed by atoms with Crippen LogP contribution in [0.5, 0.6) is 0 Å². The lowest BCUT2D eigenvalue weighted by Crippen LogP contribution is -2.55. The molecule has 1 aliphatic rings. The quantitative estimate of drug-likeness (QED) is 0.612. The lowest BCUT2D eigenvalue weighted by Gasteiger charge is -2.38. The fourth-order valence-electron chi connectivity index (χ4n) is 2.90. The summed E-state index contributed by atoms with van der Waals surface area (Å²) in [5.74, 6) is -0.753. The highest BCUT2D eigenvalue weighted by Crippen LogP contribution is 2.26. The molecule has 0 amide bonds. The highest BCUT2D eigenvalue weighted by atomic mass is 16.5. The monoisotopic (exact) mass is 300 g/mol. The van der Waals surface area contributed by atoms with Crippen molar-refractivity contribution in [2.75, 3.05) is 20.3 Å². The number of nitrogens with one attached hydrogen (secondary N) is 1. The summed E-state index contributed by atoms with van der Waals surface area (Å²) in [6.07, 6.45) is 3.84. The Morgan fingerprint density at radius 1 is 1.43 bits per heavy atom. The van der Waals surface area contributed by atoms with Crippen molar-refractivity contribution in [1.29, 1.82) is 0 Å². The third kappa shape index (κ3) is 5.57. The Balaban J connectivity index is 2.70. The van der Waals surface area contributed by atoms with E-state index in [-0.39, 0.29) is 6.04 Å². The summed E-state index contributed by atoms with van der Waals surface area (Å²) in [4.78, 5) is 14.1. The second kappa shape index (κ2) is 8.11. The van der Waals surface area contributed by atoms with E-state index in [2.05, 4.69) is 31.0 Å². The average Bonchev–Trinajstić information content (AvgIpc) is 3.22. The highest BCUT2D eigenvalue weighted by Gasteiger charge is 2.40. The van der Waals surface area contributed by atoms with Crippen LogP contribution in [0.15, 0.2) is 0 Å². The van der Waals surface area contributed by atoms with Gasteiger partial charge in [0.2, 0.25) is 0 Å². The largest absolute Gasteiger partial charge is 0.480 e. The van der Waals surface area contributed by atoms with Gasteiger partial charge in [0.1, 0.15) is 5.54 Å². The van der Waals surface area contributed by atoms with Gasteiger partial charge in [0.15, 0.2) is 0 Å². The molecule has 1 rings (SSSR count). The van der Waals surface area contributed by atoms with E-state index in [4.69, 9.17) is 4.74 Å². The third-order valence-corrected chi connectivity index (χ3v) is 4.55. The smallest absolute Gasteiger partial charge is 0.323 e. The summed E-state index contributed by atoms with van der Waals surface area (Å²) in [6, 6.07) is 1.01. The van der Waals surface area contributed by atoms with Gasteiger partial charge in [0, 0.05) is 31.8 Å². The van der Waals surface area contributed by atoms with Crippen LogP contribution in [-0.4, -0.2) is 59.9 Å². The molecule has 21 heavy (non-hydrogen) atoms. The second-order valence-corrected chi connectivity index (χ2v) is 6.60. The number of methoxy groups -OCH3 is 1. The Bertz CT molecular complexity index is 333. The fourth-order valence-corrected chi connectivity index (χ4v) is 2.90. The Kier molecular flexibility index (Phi) is 7.10. The Morgan fingerprint density at radius 2 is 2.05 bits per heavy atom. The third-order valence-electron chi connectivity index (χ3n) is 4.55. The van der Waals surface area contributed by atoms with Gasteiger partial charge in [0.25, 0.3) is 0 Å². The number of carboxylic acid groups (broad SMARTS) is 1. The first-order valence-electron chi connectivity index (χ1n) is 8.09. The first-order chi connectivity index (χ1) is 9.84. The van der Waals surface area contributed by atoms with Crippen molar-refractivity contribution >= 4 is 5.97 Å². The van der Waals surface area contributed by atoms with Crippen molar-refractivity contribution in [1.82, 2.24) is 10.2 Å². The van der Waals surface area contributed by atoms with Gasteiger partial charge in [-0.05, 0) is 46.5 Å². The molecule has 0 aromatic rings. The molecule has 0 heterocycles. The van der Waals surface area contributed by atoms with E-state index in [9.17, 15) is 9.90 Å². The SMILES string of the molecule is CCC(C)N(CCOC)C(C)CC(C)(NC1CC1)C(=O)O. The molecule has 1 fully saturated rings. The van der Waals surface area contributed by atoms with E-state index in [1.165, 1.54) is 0 Å². The molecule has 0 aromatic carbocycles. The maximum Gasteiger partial charge on any atom is 0.323 e. The maximum absolute atomic E-state index is 11.7. The molecule has 124 valence electrons. The molecule has 5 nitrogen and oxygen atoms in total. The lowest BCUT2D eigenvalue weighted by molar-refractivity contribution is -0.145. The fraction of sp³-hybridized carbons (Fsp3) is 0.938. The van der Waals surface area contributed by atoms with Crippen molar-refractivity contribution in [2.24, 2.45) is 0 Å². The average molecular weight is 300 g/mol. The summed E-state index contributed by atoms with van der Waals surface area (Å²) >= 11 is 0. The number of aliphatic carboxylic acids is 1. The van der Waals surface area contributed by atoms with Gasteiger partial charge in [-0.3, -0.25) is 15.0 Å². The molecule has 3 atom stereocenters. The molecule has 0 spiro atoms. The molecule has 0 aromatic heterocycles. The van der Waals surface area contributed by atoms with Gasteiger partial charge in [-0.2, -0.15) is 0 Å². The number of carboxylic acids is 1. The minimum atomic E-state index is -0.848. The van der Waals surface area contributed by atoms with Crippen LogP contribution < -0.4 is 5.32 Å². The van der Waals surface area contributed by atoms with Crippen LogP contribution in [-0.2, 0) is 9.53 Å². The molecule has 0 aliphatic heterocycles. The zero-order valence-electron chi connectivity index (χ0n) is 14.2. The molecular formula is C16H32N2O3. The number of hydrogen-bond donors (Lipinski definition) is 2. The summed E-state index contributed by atoms with van der Waals surface area (Å²) in [6.45, 7) is 9.81. The second-order valence-electron chi connectivity index (χ2n) is 6.60. The van der Waals surface area contributed by atoms with Crippen LogP contribution in [0.25, 0.3) is 0 Å². The van der Waals surface area contributed by atoms with Gasteiger partial charge < -0.3 is 9.84 Å². The predicted octanol–water partition coefficient (Wildman–Crippen LogP) is 2.11. The Morgan fingerprint density at radius 3 is 2.48 bits per heavy atom. The minimum Gasteiger partial charge on any atom is -0.480 e. The van der Waals surface area contributed by atoms with Crippen LogP contribution in [0.4, 0.5) is 0 Å². The first-order valence-corrected chi connectivity index (χ1v) is 8.09. The Labute approximate surface area is 129 Å². The van der Waals surface area contributed by atoms with E-state index in [0.29, 0.717) is 25.1 Å². The summed E-state index contributed by atoms with van der Waals surface area (Å²) < 4.78 is 5.20. The predicted molar refractivity (Wildman–Crippen MR) is 84.6 cm³/mol. The molecule has 0 bridgehead atoms. The number of hydrogen-bond acceptors (Lipinski definition) is 4. The van der Waals surface area contributed by atoms with E-state index >= 15 is 0 Å². The van der Waals surface area contributed by atoms with Crippen LogP contribution in [0, 0.1) is 0 Å². The zero-order valence-corrected chi connectivity index (χ0v) is 14.2. The molecule has 3 unspecified atom stereocenters. The van der Waals surface area contributed by atoms with Gasteiger partial charge >= 0.3 is 5.97 Å². The van der Waals surface area contributed by atoms with Crippen LogP contribution in [0.1, 0.15) is 53.4 Å². The first kappa shape index (κ1) is 18.4. The molecule has 0 saturated heterocycles. The topological polar surface area (TPSA) is 61.8 Å². The van der Waals surface area contributed by atoms with Crippen molar-refractivity contribution in [3.63, 3.8) is 0 Å². The summed E-state index contributed by atoms with van der Waals surface area (Å²) in [5, 5.41) is 12.9. The minimum absolute atomic E-state index is 0.197.